The number of nitrogens with one attached hydrogen (secondary N) is 1. The topological polar surface area (TPSA) is 102 Å². The Bertz CT molecular complexity index is 783. The summed E-state index contributed by atoms with van der Waals surface area (Å²) in [6.45, 7) is 7.28. The summed E-state index contributed by atoms with van der Waals surface area (Å²) in [5.74, 6) is -0.172. The molecule has 1 aliphatic heterocycles. The third-order valence-corrected chi connectivity index (χ3v) is 5.39. The van der Waals surface area contributed by atoms with Crippen LogP contribution in [0.25, 0.3) is 6.08 Å². The first kappa shape index (κ1) is 22.4. The molecule has 0 aliphatic carbocycles. The predicted octanol–water partition coefficient (Wildman–Crippen LogP) is 3.16. The Morgan fingerprint density at radius 2 is 1.93 bits per heavy atom. The quantitative estimate of drug-likeness (QED) is 0.325. The molecule has 0 bridgehead atoms. The van der Waals surface area contributed by atoms with E-state index in [0.29, 0.717) is 43.1 Å². The Labute approximate surface area is 171 Å². The SMILES string of the molecule is COC(=O)/C=C/c1ccc(N2CCC(C(=O)NC(C)C(C)C)CC2)c([N+](=O)[O-])c1. The number of hydrogen-bond acceptors (Lipinski definition) is 6. The highest BCUT2D eigenvalue weighted by molar-refractivity contribution is 5.87. The lowest BCUT2D eigenvalue weighted by atomic mass is 9.94. The lowest BCUT2D eigenvalue weighted by molar-refractivity contribution is -0.384. The first-order chi connectivity index (χ1) is 13.7. The number of carbonyl (C=O) groups excluding carboxylic acids is 2. The molecule has 0 radical (unpaired) electrons. The molecule has 1 N–H and O–H groups in total. The zero-order valence-electron chi connectivity index (χ0n) is 17.4. The van der Waals surface area contributed by atoms with Crippen LogP contribution in [0.3, 0.4) is 0 Å². The lowest BCUT2D eigenvalue weighted by Gasteiger charge is -2.33. The minimum Gasteiger partial charge on any atom is -0.466 e. The van der Waals surface area contributed by atoms with E-state index in [-0.39, 0.29) is 23.6 Å². The van der Waals surface area contributed by atoms with Crippen molar-refractivity contribution in [2.24, 2.45) is 11.8 Å². The van der Waals surface area contributed by atoms with Gasteiger partial charge < -0.3 is 15.0 Å². The number of carbonyl (C=O) groups is 2. The van der Waals surface area contributed by atoms with Crippen molar-refractivity contribution in [1.29, 1.82) is 0 Å². The number of benzene rings is 1. The zero-order valence-corrected chi connectivity index (χ0v) is 17.4. The number of hydrogen-bond donors (Lipinski definition) is 1. The van der Waals surface area contributed by atoms with Gasteiger partial charge in [-0.1, -0.05) is 19.9 Å². The highest BCUT2D eigenvalue weighted by Crippen LogP contribution is 2.33. The second kappa shape index (κ2) is 10.0. The van der Waals surface area contributed by atoms with Crippen LogP contribution in [0.4, 0.5) is 11.4 Å². The van der Waals surface area contributed by atoms with Gasteiger partial charge in [-0.05, 0) is 43.4 Å². The molecule has 1 aromatic carbocycles. The number of rotatable bonds is 7. The van der Waals surface area contributed by atoms with Crippen LogP contribution in [-0.2, 0) is 14.3 Å². The van der Waals surface area contributed by atoms with Gasteiger partial charge in [0.2, 0.25) is 5.91 Å². The maximum atomic E-state index is 12.4. The van der Waals surface area contributed by atoms with Crippen molar-refractivity contribution >= 4 is 29.3 Å². The zero-order chi connectivity index (χ0) is 21.6. The van der Waals surface area contributed by atoms with Gasteiger partial charge in [-0.2, -0.15) is 0 Å². The van der Waals surface area contributed by atoms with Crippen LogP contribution in [0.2, 0.25) is 0 Å². The minimum absolute atomic E-state index is 0.0200. The number of ether oxygens (including phenoxy) is 1. The average molecular weight is 403 g/mol. The van der Waals surface area contributed by atoms with Crippen LogP contribution in [0.5, 0.6) is 0 Å². The molecule has 1 atom stereocenters. The van der Waals surface area contributed by atoms with E-state index in [4.69, 9.17) is 0 Å². The largest absolute Gasteiger partial charge is 0.466 e. The number of nitrogens with zero attached hydrogens (tertiary/aromatic N) is 2. The molecule has 1 heterocycles. The highest BCUT2D eigenvalue weighted by Gasteiger charge is 2.29. The van der Waals surface area contributed by atoms with Gasteiger partial charge in [-0.3, -0.25) is 14.9 Å². The van der Waals surface area contributed by atoms with Crippen LogP contribution >= 0.6 is 0 Å². The molecule has 29 heavy (non-hydrogen) atoms. The third-order valence-electron chi connectivity index (χ3n) is 5.39. The Morgan fingerprint density at radius 3 is 2.48 bits per heavy atom. The number of piperidine rings is 1. The third kappa shape index (κ3) is 6.04. The molecule has 0 aromatic heterocycles. The standard InChI is InChI=1S/C21H29N3O5/c1-14(2)15(3)22-21(26)17-9-11-23(12-10-17)18-7-5-16(6-8-20(25)29-4)13-19(18)24(27)28/h5-8,13-15,17H,9-12H2,1-4H3,(H,22,26)/b8-6+. The molecular weight excluding hydrogens is 374 g/mol. The van der Waals surface area contributed by atoms with Gasteiger partial charge in [0.15, 0.2) is 0 Å². The van der Waals surface area contributed by atoms with E-state index in [0.717, 1.165) is 0 Å². The van der Waals surface area contributed by atoms with Crippen LogP contribution in [0.1, 0.15) is 39.2 Å². The molecule has 1 aliphatic rings. The van der Waals surface area contributed by atoms with Gasteiger partial charge in [0.1, 0.15) is 5.69 Å². The number of amides is 1. The number of nitro benzene ring substituents is 1. The first-order valence-corrected chi connectivity index (χ1v) is 9.82. The van der Waals surface area contributed by atoms with Crippen molar-refractivity contribution in [2.45, 2.75) is 39.7 Å². The highest BCUT2D eigenvalue weighted by atomic mass is 16.6. The van der Waals surface area contributed by atoms with Crippen molar-refractivity contribution < 1.29 is 19.2 Å². The second-order valence-electron chi connectivity index (χ2n) is 7.66. The molecule has 2 rings (SSSR count). The molecule has 8 nitrogen and oxygen atoms in total. The molecule has 0 spiro atoms. The summed E-state index contributed by atoms with van der Waals surface area (Å²) in [4.78, 5) is 36.8. The summed E-state index contributed by atoms with van der Waals surface area (Å²) in [5.41, 5.74) is 1.05. The predicted molar refractivity (Wildman–Crippen MR) is 112 cm³/mol. The van der Waals surface area contributed by atoms with E-state index < -0.39 is 10.9 Å². The summed E-state index contributed by atoms with van der Waals surface area (Å²) >= 11 is 0. The van der Waals surface area contributed by atoms with E-state index in [1.165, 1.54) is 25.3 Å². The van der Waals surface area contributed by atoms with Crippen molar-refractivity contribution in [1.82, 2.24) is 5.32 Å². The maximum absolute atomic E-state index is 12.4. The number of anilines is 1. The summed E-state index contributed by atoms with van der Waals surface area (Å²) in [6, 6.07) is 4.98. The number of methoxy groups -OCH3 is 1. The van der Waals surface area contributed by atoms with E-state index in [1.54, 1.807) is 12.1 Å². The van der Waals surface area contributed by atoms with E-state index >= 15 is 0 Å². The molecule has 0 saturated carbocycles. The van der Waals surface area contributed by atoms with Crippen LogP contribution in [0, 0.1) is 22.0 Å². The second-order valence-corrected chi connectivity index (χ2v) is 7.66. The molecule has 1 amide bonds. The smallest absolute Gasteiger partial charge is 0.330 e. The van der Waals surface area contributed by atoms with Gasteiger partial charge >= 0.3 is 5.97 Å². The summed E-state index contributed by atoms with van der Waals surface area (Å²) in [5, 5.41) is 14.6. The molecule has 1 aromatic rings. The van der Waals surface area contributed by atoms with E-state index in [9.17, 15) is 19.7 Å². The Morgan fingerprint density at radius 1 is 1.28 bits per heavy atom. The fraction of sp³-hybridized carbons (Fsp3) is 0.524. The van der Waals surface area contributed by atoms with Crippen molar-refractivity contribution in [3.05, 3.63) is 40.0 Å². The van der Waals surface area contributed by atoms with Crippen LogP contribution < -0.4 is 10.2 Å². The molecule has 1 unspecified atom stereocenters. The van der Waals surface area contributed by atoms with Crippen LogP contribution in [0.15, 0.2) is 24.3 Å². The maximum Gasteiger partial charge on any atom is 0.330 e. The average Bonchev–Trinajstić information content (AvgIpc) is 2.71. The van der Waals surface area contributed by atoms with Crippen LogP contribution in [-0.4, -0.2) is 43.0 Å². The van der Waals surface area contributed by atoms with Gasteiger partial charge in [0.05, 0.1) is 12.0 Å². The minimum atomic E-state index is -0.524. The molecular formula is C21H29N3O5. The lowest BCUT2D eigenvalue weighted by Crippen LogP contribution is -2.44. The fourth-order valence-electron chi connectivity index (χ4n) is 3.18. The van der Waals surface area contributed by atoms with Crippen molar-refractivity contribution in [2.75, 3.05) is 25.1 Å². The van der Waals surface area contributed by atoms with Crippen molar-refractivity contribution in [3.8, 4) is 0 Å². The Hall–Kier alpha value is -2.90. The molecule has 1 fully saturated rings. The van der Waals surface area contributed by atoms with Crippen molar-refractivity contribution in [3.63, 3.8) is 0 Å². The summed E-state index contributed by atoms with van der Waals surface area (Å²) in [7, 11) is 1.27. The summed E-state index contributed by atoms with van der Waals surface area (Å²) < 4.78 is 4.53. The number of nitro groups is 1. The Kier molecular flexibility index (Phi) is 7.75. The van der Waals surface area contributed by atoms with Gasteiger partial charge in [-0.15, -0.1) is 0 Å². The first-order valence-electron chi connectivity index (χ1n) is 9.82. The molecule has 1 saturated heterocycles. The van der Waals surface area contributed by atoms with E-state index in [1.807, 2.05) is 11.8 Å². The summed E-state index contributed by atoms with van der Waals surface area (Å²) in [6.07, 6.45) is 4.01. The molecule has 158 valence electrons. The van der Waals surface area contributed by atoms with E-state index in [2.05, 4.69) is 23.9 Å². The van der Waals surface area contributed by atoms with Gasteiger partial charge in [0, 0.05) is 37.2 Å². The normalized spacial score (nSPS) is 16.1. The fourth-order valence-corrected chi connectivity index (χ4v) is 3.18. The molecule has 8 heteroatoms. The Balaban J connectivity index is 2.08. The number of esters is 1. The monoisotopic (exact) mass is 403 g/mol. The van der Waals surface area contributed by atoms with Gasteiger partial charge in [0.25, 0.3) is 5.69 Å². The van der Waals surface area contributed by atoms with Gasteiger partial charge in [-0.25, -0.2) is 4.79 Å².